The number of hydrogen-bond acceptors (Lipinski definition) is 1. The maximum absolute atomic E-state index is 8.49. The third-order valence-electron chi connectivity index (χ3n) is 1.03. The second-order valence-electron chi connectivity index (χ2n) is 2.00. The van der Waals surface area contributed by atoms with Crippen LogP contribution < -0.4 is 0 Å². The molecular weight excluding hydrogens is 100 g/mol. The van der Waals surface area contributed by atoms with Crippen molar-refractivity contribution in [3.63, 3.8) is 0 Å². The van der Waals surface area contributed by atoms with Crippen LogP contribution in [0.1, 0.15) is 26.7 Å². The first kappa shape index (κ1) is 7.70. The smallest absolute Gasteiger partial charge is 0.0639 e. The molecule has 0 unspecified atom stereocenters. The van der Waals surface area contributed by atoms with E-state index in [0.717, 1.165) is 18.4 Å². The predicted octanol–water partition coefficient (Wildman–Crippen LogP) is 1.73. The molecular formula is C7H14O. The van der Waals surface area contributed by atoms with Gasteiger partial charge in [-0.15, -0.1) is 0 Å². The minimum atomic E-state index is 0.208. The van der Waals surface area contributed by atoms with E-state index in [1.165, 1.54) is 0 Å². The predicted molar refractivity (Wildman–Crippen MR) is 35.8 cm³/mol. The summed E-state index contributed by atoms with van der Waals surface area (Å²) < 4.78 is 0. The molecule has 1 N–H and O–H groups in total. The molecule has 1 heteroatoms. The Morgan fingerprint density at radius 3 is 2.62 bits per heavy atom. The van der Waals surface area contributed by atoms with Crippen LogP contribution in [0.2, 0.25) is 0 Å². The molecule has 48 valence electrons. The lowest BCUT2D eigenvalue weighted by molar-refractivity contribution is 0.331. The maximum atomic E-state index is 8.49. The Hall–Kier alpha value is -0.300. The molecule has 0 aromatic heterocycles. The van der Waals surface area contributed by atoms with E-state index in [-0.39, 0.29) is 6.61 Å². The minimum absolute atomic E-state index is 0.208. The monoisotopic (exact) mass is 114 g/mol. The van der Waals surface area contributed by atoms with E-state index in [1.54, 1.807) is 0 Å². The lowest BCUT2D eigenvalue weighted by Gasteiger charge is -1.90. The third-order valence-corrected chi connectivity index (χ3v) is 1.03. The third kappa shape index (κ3) is 3.88. The van der Waals surface area contributed by atoms with Crippen molar-refractivity contribution >= 4 is 0 Å². The van der Waals surface area contributed by atoms with Crippen molar-refractivity contribution in [1.82, 2.24) is 0 Å². The summed E-state index contributed by atoms with van der Waals surface area (Å²) in [5.41, 5.74) is 1.08. The molecule has 0 amide bonds. The van der Waals surface area contributed by atoms with Crippen LogP contribution in [0.3, 0.4) is 0 Å². The van der Waals surface area contributed by atoms with Crippen molar-refractivity contribution in [3.05, 3.63) is 11.6 Å². The number of unbranched alkanes of at least 4 members (excludes halogenated alkanes) is 1. The summed E-state index contributed by atoms with van der Waals surface area (Å²) >= 11 is 0. The van der Waals surface area contributed by atoms with Crippen LogP contribution in [0, 0.1) is 0 Å². The van der Waals surface area contributed by atoms with Crippen molar-refractivity contribution in [1.29, 1.82) is 0 Å². The Balaban J connectivity index is 3.26. The molecule has 0 aromatic carbocycles. The highest BCUT2D eigenvalue weighted by Crippen LogP contribution is 1.95. The zero-order chi connectivity index (χ0) is 6.41. The molecule has 8 heavy (non-hydrogen) atoms. The van der Waals surface area contributed by atoms with Gasteiger partial charge in [-0.3, -0.25) is 0 Å². The first-order valence-corrected chi connectivity index (χ1v) is 3.07. The Morgan fingerprint density at radius 2 is 2.25 bits per heavy atom. The first-order valence-electron chi connectivity index (χ1n) is 3.07. The van der Waals surface area contributed by atoms with Gasteiger partial charge in [0.1, 0.15) is 0 Å². The minimum Gasteiger partial charge on any atom is -0.392 e. The van der Waals surface area contributed by atoms with Crippen molar-refractivity contribution in [2.24, 2.45) is 0 Å². The summed E-state index contributed by atoms with van der Waals surface area (Å²) in [5.74, 6) is 0. The molecule has 0 rings (SSSR count). The summed E-state index contributed by atoms with van der Waals surface area (Å²) in [4.78, 5) is 0. The highest BCUT2D eigenvalue weighted by molar-refractivity contribution is 4.96. The molecule has 0 aliphatic heterocycles. The van der Waals surface area contributed by atoms with Crippen molar-refractivity contribution in [3.8, 4) is 0 Å². The average molecular weight is 114 g/mol. The zero-order valence-corrected chi connectivity index (χ0v) is 5.65. The summed E-state index contributed by atoms with van der Waals surface area (Å²) in [7, 11) is 0. The molecule has 0 aromatic rings. The SMILES string of the molecule is CCC/C=C(/C)CO. The van der Waals surface area contributed by atoms with E-state index < -0.39 is 0 Å². The molecule has 0 atom stereocenters. The number of rotatable bonds is 3. The quantitative estimate of drug-likeness (QED) is 0.554. The molecule has 1 nitrogen and oxygen atoms in total. The fraction of sp³-hybridized carbons (Fsp3) is 0.714. The topological polar surface area (TPSA) is 20.2 Å². The molecule has 0 bridgehead atoms. The summed E-state index contributed by atoms with van der Waals surface area (Å²) in [6, 6.07) is 0. The van der Waals surface area contributed by atoms with Gasteiger partial charge in [0.25, 0.3) is 0 Å². The van der Waals surface area contributed by atoms with Crippen LogP contribution in [0.5, 0.6) is 0 Å². The highest BCUT2D eigenvalue weighted by Gasteiger charge is 1.80. The van der Waals surface area contributed by atoms with Crippen LogP contribution in [0.4, 0.5) is 0 Å². The van der Waals surface area contributed by atoms with Gasteiger partial charge in [0, 0.05) is 0 Å². The van der Waals surface area contributed by atoms with E-state index in [1.807, 2.05) is 6.92 Å². The Labute approximate surface area is 51.0 Å². The fourth-order valence-electron chi connectivity index (χ4n) is 0.455. The fourth-order valence-corrected chi connectivity index (χ4v) is 0.455. The van der Waals surface area contributed by atoms with Crippen LogP contribution in [-0.2, 0) is 0 Å². The molecule has 0 aliphatic rings. The Bertz CT molecular complexity index is 74.5. The number of aliphatic hydroxyl groups excluding tert-OH is 1. The standard InChI is InChI=1S/C7H14O/c1-3-4-5-7(2)6-8/h5,8H,3-4,6H2,1-2H3/b7-5-. The van der Waals surface area contributed by atoms with Gasteiger partial charge in [0.15, 0.2) is 0 Å². The van der Waals surface area contributed by atoms with Crippen molar-refractivity contribution in [2.75, 3.05) is 6.61 Å². The second kappa shape index (κ2) is 4.85. The number of aliphatic hydroxyl groups is 1. The molecule has 0 heterocycles. The average Bonchev–Trinajstić information content (AvgIpc) is 1.83. The van der Waals surface area contributed by atoms with E-state index in [9.17, 15) is 0 Å². The zero-order valence-electron chi connectivity index (χ0n) is 5.65. The van der Waals surface area contributed by atoms with Gasteiger partial charge in [-0.1, -0.05) is 25.0 Å². The van der Waals surface area contributed by atoms with E-state index in [2.05, 4.69) is 13.0 Å². The van der Waals surface area contributed by atoms with Gasteiger partial charge >= 0.3 is 0 Å². The van der Waals surface area contributed by atoms with Gasteiger partial charge in [0.05, 0.1) is 6.61 Å². The molecule has 0 fully saturated rings. The molecule has 0 spiro atoms. The Morgan fingerprint density at radius 1 is 1.62 bits per heavy atom. The van der Waals surface area contributed by atoms with Crippen LogP contribution in [-0.4, -0.2) is 11.7 Å². The lowest BCUT2D eigenvalue weighted by Crippen LogP contribution is -1.82. The number of hydrogen-bond donors (Lipinski definition) is 1. The van der Waals surface area contributed by atoms with E-state index in [0.29, 0.717) is 0 Å². The first-order chi connectivity index (χ1) is 3.81. The summed E-state index contributed by atoms with van der Waals surface area (Å²) in [6.07, 6.45) is 4.32. The van der Waals surface area contributed by atoms with E-state index >= 15 is 0 Å². The summed E-state index contributed by atoms with van der Waals surface area (Å²) in [6.45, 7) is 4.27. The van der Waals surface area contributed by atoms with Gasteiger partial charge < -0.3 is 5.11 Å². The second-order valence-corrected chi connectivity index (χ2v) is 2.00. The van der Waals surface area contributed by atoms with E-state index in [4.69, 9.17) is 5.11 Å². The van der Waals surface area contributed by atoms with Crippen molar-refractivity contribution in [2.45, 2.75) is 26.7 Å². The molecule has 0 saturated carbocycles. The Kier molecular flexibility index (Phi) is 4.67. The largest absolute Gasteiger partial charge is 0.392 e. The van der Waals surface area contributed by atoms with Crippen LogP contribution in [0.25, 0.3) is 0 Å². The summed E-state index contributed by atoms with van der Waals surface area (Å²) in [5, 5.41) is 8.49. The molecule has 0 radical (unpaired) electrons. The molecule has 0 saturated heterocycles. The highest BCUT2D eigenvalue weighted by atomic mass is 16.3. The van der Waals surface area contributed by atoms with Gasteiger partial charge in [0.2, 0.25) is 0 Å². The molecule has 0 aliphatic carbocycles. The van der Waals surface area contributed by atoms with Gasteiger partial charge in [-0.05, 0) is 13.3 Å². The normalized spacial score (nSPS) is 12.1. The van der Waals surface area contributed by atoms with Crippen LogP contribution in [0.15, 0.2) is 11.6 Å². The van der Waals surface area contributed by atoms with Gasteiger partial charge in [-0.2, -0.15) is 0 Å². The van der Waals surface area contributed by atoms with Gasteiger partial charge in [-0.25, -0.2) is 0 Å². The maximum Gasteiger partial charge on any atom is 0.0639 e. The van der Waals surface area contributed by atoms with Crippen molar-refractivity contribution < 1.29 is 5.11 Å². The number of allylic oxidation sites excluding steroid dienone is 1. The van der Waals surface area contributed by atoms with Crippen LogP contribution >= 0.6 is 0 Å². The lowest BCUT2D eigenvalue weighted by atomic mass is 10.2.